The van der Waals surface area contributed by atoms with Gasteiger partial charge in [-0.1, -0.05) is 6.92 Å². The van der Waals surface area contributed by atoms with Gasteiger partial charge >= 0.3 is 5.97 Å². The van der Waals surface area contributed by atoms with Crippen LogP contribution in [-0.2, 0) is 11.3 Å². The van der Waals surface area contributed by atoms with E-state index in [0.29, 0.717) is 11.5 Å². The fraction of sp³-hybridized carbons (Fsp3) is 0.556. The molecule has 0 saturated heterocycles. The van der Waals surface area contributed by atoms with Gasteiger partial charge in [-0.2, -0.15) is 5.10 Å². The van der Waals surface area contributed by atoms with Crippen LogP contribution in [0.5, 0.6) is 0 Å². The minimum absolute atomic E-state index is 0.154. The molecular formula is C9H16N4O2. The number of hydrogen-bond acceptors (Lipinski definition) is 4. The van der Waals surface area contributed by atoms with Gasteiger partial charge in [-0.3, -0.25) is 4.79 Å². The van der Waals surface area contributed by atoms with Crippen LogP contribution in [0.2, 0.25) is 0 Å². The van der Waals surface area contributed by atoms with Crippen LogP contribution >= 0.6 is 0 Å². The SMILES string of the molecule is CCCn1nc(C)c(N)c1NCC(=O)O. The largest absolute Gasteiger partial charge is 0.480 e. The monoisotopic (exact) mass is 212 g/mol. The number of aliphatic carboxylic acids is 1. The number of aromatic nitrogens is 2. The van der Waals surface area contributed by atoms with Crippen LogP contribution in [-0.4, -0.2) is 27.4 Å². The van der Waals surface area contributed by atoms with Crippen LogP contribution < -0.4 is 11.1 Å². The number of nitrogens with zero attached hydrogens (tertiary/aromatic N) is 2. The summed E-state index contributed by atoms with van der Waals surface area (Å²) in [6.07, 6.45) is 0.919. The Morgan fingerprint density at radius 2 is 2.33 bits per heavy atom. The highest BCUT2D eigenvalue weighted by atomic mass is 16.4. The summed E-state index contributed by atoms with van der Waals surface area (Å²) in [6.45, 7) is 4.39. The summed E-state index contributed by atoms with van der Waals surface area (Å²) in [4.78, 5) is 10.4. The van der Waals surface area contributed by atoms with Crippen molar-refractivity contribution in [3.8, 4) is 0 Å². The van der Waals surface area contributed by atoms with Crippen molar-refractivity contribution in [1.82, 2.24) is 9.78 Å². The topological polar surface area (TPSA) is 93.2 Å². The van der Waals surface area contributed by atoms with Crippen molar-refractivity contribution in [2.24, 2.45) is 0 Å². The van der Waals surface area contributed by atoms with Crippen molar-refractivity contribution >= 4 is 17.5 Å². The lowest BCUT2D eigenvalue weighted by atomic mass is 10.4. The van der Waals surface area contributed by atoms with Crippen molar-refractivity contribution in [3.63, 3.8) is 0 Å². The van der Waals surface area contributed by atoms with Crippen molar-refractivity contribution in [3.05, 3.63) is 5.69 Å². The van der Waals surface area contributed by atoms with E-state index in [4.69, 9.17) is 10.8 Å². The van der Waals surface area contributed by atoms with E-state index in [2.05, 4.69) is 10.4 Å². The van der Waals surface area contributed by atoms with Crippen molar-refractivity contribution in [1.29, 1.82) is 0 Å². The van der Waals surface area contributed by atoms with E-state index in [0.717, 1.165) is 18.7 Å². The average Bonchev–Trinajstić information content (AvgIpc) is 2.41. The van der Waals surface area contributed by atoms with Gasteiger partial charge in [0.1, 0.15) is 12.4 Å². The molecule has 0 aliphatic rings. The minimum Gasteiger partial charge on any atom is -0.480 e. The van der Waals surface area contributed by atoms with E-state index in [1.165, 1.54) is 0 Å². The summed E-state index contributed by atoms with van der Waals surface area (Å²) in [6, 6.07) is 0. The Balaban J connectivity index is 2.86. The second-order valence-electron chi connectivity index (χ2n) is 3.32. The number of rotatable bonds is 5. The lowest BCUT2D eigenvalue weighted by Gasteiger charge is -2.07. The summed E-state index contributed by atoms with van der Waals surface area (Å²) >= 11 is 0. The fourth-order valence-corrected chi connectivity index (χ4v) is 1.31. The maximum atomic E-state index is 10.4. The molecule has 6 heteroatoms. The molecular weight excluding hydrogens is 196 g/mol. The van der Waals surface area contributed by atoms with Crippen LogP contribution in [0.1, 0.15) is 19.0 Å². The summed E-state index contributed by atoms with van der Waals surface area (Å²) in [5.74, 6) is -0.326. The standard InChI is InChI=1S/C9H16N4O2/c1-3-4-13-9(11-5-7(14)15)8(10)6(2)12-13/h11H,3-5,10H2,1-2H3,(H,14,15). The number of hydrogen-bond donors (Lipinski definition) is 3. The molecule has 0 fully saturated rings. The van der Waals surface area contributed by atoms with E-state index in [1.54, 1.807) is 11.6 Å². The molecule has 84 valence electrons. The maximum absolute atomic E-state index is 10.4. The third kappa shape index (κ3) is 2.61. The molecule has 4 N–H and O–H groups in total. The third-order valence-electron chi connectivity index (χ3n) is 2.02. The van der Waals surface area contributed by atoms with E-state index in [9.17, 15) is 4.79 Å². The van der Waals surface area contributed by atoms with Crippen molar-refractivity contribution in [2.75, 3.05) is 17.6 Å². The molecule has 1 heterocycles. The second-order valence-corrected chi connectivity index (χ2v) is 3.32. The van der Waals surface area contributed by atoms with Crippen LogP contribution in [0.15, 0.2) is 0 Å². The molecule has 6 nitrogen and oxygen atoms in total. The summed E-state index contributed by atoms with van der Waals surface area (Å²) in [7, 11) is 0. The molecule has 0 bridgehead atoms. The average molecular weight is 212 g/mol. The van der Waals surface area contributed by atoms with Gasteiger partial charge in [-0.05, 0) is 13.3 Å². The first-order chi connectivity index (χ1) is 7.06. The number of nitrogen functional groups attached to an aromatic ring is 1. The van der Waals surface area contributed by atoms with Crippen LogP contribution in [0, 0.1) is 6.92 Å². The number of aryl methyl sites for hydroxylation is 2. The Labute approximate surface area is 88.1 Å². The number of carboxylic acid groups (broad SMARTS) is 1. The number of carboxylic acids is 1. The van der Waals surface area contributed by atoms with Gasteiger partial charge < -0.3 is 16.2 Å². The Morgan fingerprint density at radius 1 is 1.67 bits per heavy atom. The fourth-order valence-electron chi connectivity index (χ4n) is 1.31. The Bertz CT molecular complexity index is 359. The van der Waals surface area contributed by atoms with Gasteiger partial charge in [0, 0.05) is 6.54 Å². The molecule has 0 aliphatic carbocycles. The predicted molar refractivity (Wildman–Crippen MR) is 57.8 cm³/mol. The molecule has 0 aromatic carbocycles. The summed E-state index contributed by atoms with van der Waals surface area (Å²) < 4.78 is 1.70. The van der Waals surface area contributed by atoms with Crippen molar-refractivity contribution < 1.29 is 9.90 Å². The zero-order valence-electron chi connectivity index (χ0n) is 8.95. The Kier molecular flexibility index (Phi) is 3.54. The highest BCUT2D eigenvalue weighted by molar-refractivity contribution is 5.75. The molecule has 0 spiro atoms. The van der Waals surface area contributed by atoms with Gasteiger partial charge in [-0.25, -0.2) is 4.68 Å². The zero-order valence-corrected chi connectivity index (χ0v) is 8.95. The van der Waals surface area contributed by atoms with Crippen LogP contribution in [0.25, 0.3) is 0 Å². The van der Waals surface area contributed by atoms with Crippen LogP contribution in [0.4, 0.5) is 11.5 Å². The number of carbonyl (C=O) groups is 1. The van der Waals surface area contributed by atoms with E-state index >= 15 is 0 Å². The molecule has 0 saturated carbocycles. The first-order valence-corrected chi connectivity index (χ1v) is 4.84. The van der Waals surface area contributed by atoms with Gasteiger partial charge in [0.15, 0.2) is 0 Å². The molecule has 1 rings (SSSR count). The van der Waals surface area contributed by atoms with Crippen molar-refractivity contribution in [2.45, 2.75) is 26.8 Å². The molecule has 15 heavy (non-hydrogen) atoms. The molecule has 0 atom stereocenters. The van der Waals surface area contributed by atoms with Crippen LogP contribution in [0.3, 0.4) is 0 Å². The first-order valence-electron chi connectivity index (χ1n) is 4.84. The van der Waals surface area contributed by atoms with E-state index < -0.39 is 5.97 Å². The Hall–Kier alpha value is -1.72. The molecule has 0 amide bonds. The minimum atomic E-state index is -0.920. The number of nitrogens with two attached hydrogens (primary N) is 1. The zero-order chi connectivity index (χ0) is 11.4. The third-order valence-corrected chi connectivity index (χ3v) is 2.02. The Morgan fingerprint density at radius 3 is 2.87 bits per heavy atom. The summed E-state index contributed by atoms with van der Waals surface area (Å²) in [5.41, 5.74) is 7.02. The lowest BCUT2D eigenvalue weighted by molar-refractivity contribution is -0.134. The van der Waals surface area contributed by atoms with E-state index in [-0.39, 0.29) is 6.54 Å². The normalized spacial score (nSPS) is 10.3. The molecule has 0 radical (unpaired) electrons. The maximum Gasteiger partial charge on any atom is 0.322 e. The predicted octanol–water partition coefficient (Wildman–Crippen LogP) is 0.680. The molecule has 1 aromatic heterocycles. The first kappa shape index (κ1) is 11.4. The quantitative estimate of drug-likeness (QED) is 0.667. The molecule has 1 aromatic rings. The molecule has 0 aliphatic heterocycles. The van der Waals surface area contributed by atoms with Gasteiger partial charge in [-0.15, -0.1) is 0 Å². The van der Waals surface area contributed by atoms with Gasteiger partial charge in [0.25, 0.3) is 0 Å². The number of anilines is 2. The highest BCUT2D eigenvalue weighted by Crippen LogP contribution is 2.21. The number of nitrogens with one attached hydrogen (secondary N) is 1. The highest BCUT2D eigenvalue weighted by Gasteiger charge is 2.12. The van der Waals surface area contributed by atoms with Gasteiger partial charge in [0.2, 0.25) is 0 Å². The lowest BCUT2D eigenvalue weighted by Crippen LogP contribution is -2.16. The second kappa shape index (κ2) is 4.68. The van der Waals surface area contributed by atoms with E-state index in [1.807, 2.05) is 6.92 Å². The molecule has 0 unspecified atom stereocenters. The smallest absolute Gasteiger partial charge is 0.322 e. The summed E-state index contributed by atoms with van der Waals surface area (Å²) in [5, 5.41) is 15.5. The van der Waals surface area contributed by atoms with Gasteiger partial charge in [0.05, 0.1) is 11.4 Å².